The third kappa shape index (κ3) is 51.9. The van der Waals surface area contributed by atoms with Gasteiger partial charge in [0.15, 0.2) is 6.10 Å². The fourth-order valence-corrected chi connectivity index (χ4v) is 6.17. The smallest absolute Gasteiger partial charge is 0.306 e. The minimum absolute atomic E-state index is 0.150. The summed E-state index contributed by atoms with van der Waals surface area (Å²) in [4.78, 5) is 38.0. The van der Waals surface area contributed by atoms with E-state index in [1.54, 1.807) is 0 Å². The van der Waals surface area contributed by atoms with Crippen LogP contribution in [0.2, 0.25) is 0 Å². The second kappa shape index (κ2) is 53.6. The van der Waals surface area contributed by atoms with Gasteiger partial charge in [-0.2, -0.15) is 0 Å². The summed E-state index contributed by atoms with van der Waals surface area (Å²) in [5.41, 5.74) is 0. The number of hydrogen-bond donors (Lipinski definition) is 0. The first kappa shape index (κ1) is 62.0. The molecule has 0 aromatic heterocycles. The summed E-state index contributed by atoms with van der Waals surface area (Å²) in [6.07, 6.45) is 78.1. The lowest BCUT2D eigenvalue weighted by Gasteiger charge is -2.18. The molecule has 0 saturated heterocycles. The van der Waals surface area contributed by atoms with Crippen molar-refractivity contribution < 1.29 is 28.6 Å². The second-order valence-electron chi connectivity index (χ2n) is 16.3. The van der Waals surface area contributed by atoms with E-state index < -0.39 is 12.1 Å². The van der Waals surface area contributed by atoms with Gasteiger partial charge in [-0.15, -0.1) is 0 Å². The van der Waals surface area contributed by atoms with Crippen LogP contribution in [0.5, 0.6) is 0 Å². The van der Waals surface area contributed by atoms with E-state index >= 15 is 0 Å². The van der Waals surface area contributed by atoms with Gasteiger partial charge in [0.25, 0.3) is 0 Å². The summed E-state index contributed by atoms with van der Waals surface area (Å²) in [7, 11) is 0. The number of ether oxygens (including phenoxy) is 3. The van der Waals surface area contributed by atoms with Crippen molar-refractivity contribution in [3.8, 4) is 0 Å². The highest BCUT2D eigenvalue weighted by Crippen LogP contribution is 2.09. The van der Waals surface area contributed by atoms with Crippen molar-refractivity contribution in [1.82, 2.24) is 0 Å². The van der Waals surface area contributed by atoms with E-state index in [2.05, 4.69) is 167 Å². The Labute approximate surface area is 409 Å². The Balaban J connectivity index is 4.68. The molecular formula is C61H92O6. The second-order valence-corrected chi connectivity index (χ2v) is 16.3. The van der Waals surface area contributed by atoms with Crippen LogP contribution in [0.1, 0.15) is 188 Å². The van der Waals surface area contributed by atoms with Gasteiger partial charge in [0.05, 0.1) is 0 Å². The summed E-state index contributed by atoms with van der Waals surface area (Å²) >= 11 is 0. The van der Waals surface area contributed by atoms with Gasteiger partial charge in [0, 0.05) is 19.3 Å². The Morgan fingerprint density at radius 1 is 0.313 bits per heavy atom. The number of hydrogen-bond acceptors (Lipinski definition) is 6. The Morgan fingerprint density at radius 3 is 0.910 bits per heavy atom. The van der Waals surface area contributed by atoms with E-state index in [-0.39, 0.29) is 44.4 Å². The van der Waals surface area contributed by atoms with Gasteiger partial charge in [-0.05, 0) is 135 Å². The predicted molar refractivity (Wildman–Crippen MR) is 288 cm³/mol. The van der Waals surface area contributed by atoms with E-state index in [1.807, 2.05) is 12.2 Å². The molecule has 0 aliphatic heterocycles. The molecule has 372 valence electrons. The van der Waals surface area contributed by atoms with Gasteiger partial charge in [-0.1, -0.05) is 192 Å². The maximum absolute atomic E-state index is 12.8. The third-order valence-corrected chi connectivity index (χ3v) is 10.0. The average molecular weight is 921 g/mol. The van der Waals surface area contributed by atoms with Crippen LogP contribution in [0.3, 0.4) is 0 Å². The molecule has 0 saturated carbocycles. The van der Waals surface area contributed by atoms with E-state index in [9.17, 15) is 14.4 Å². The van der Waals surface area contributed by atoms with Crippen LogP contribution in [-0.2, 0) is 28.6 Å². The molecule has 0 atom stereocenters. The van der Waals surface area contributed by atoms with Crippen molar-refractivity contribution in [2.24, 2.45) is 0 Å². The highest BCUT2D eigenvalue weighted by atomic mass is 16.6. The third-order valence-electron chi connectivity index (χ3n) is 10.0. The molecule has 6 heteroatoms. The summed E-state index contributed by atoms with van der Waals surface area (Å²) in [6.45, 7) is 6.21. The molecule has 0 spiro atoms. The summed E-state index contributed by atoms with van der Waals surface area (Å²) in [5.74, 6) is -1.13. The molecule has 6 nitrogen and oxygen atoms in total. The van der Waals surface area contributed by atoms with Crippen LogP contribution in [0.15, 0.2) is 158 Å². The Hall–Kier alpha value is -4.97. The number of rotatable bonds is 44. The van der Waals surface area contributed by atoms with E-state index in [4.69, 9.17) is 14.2 Å². The molecule has 0 rings (SSSR count). The Bertz CT molecular complexity index is 1500. The van der Waals surface area contributed by atoms with Gasteiger partial charge in [-0.25, -0.2) is 0 Å². The molecule has 0 aliphatic rings. The Kier molecular flexibility index (Phi) is 49.7. The number of unbranched alkanes of at least 4 members (excludes halogenated alkanes) is 7. The zero-order valence-electron chi connectivity index (χ0n) is 42.3. The van der Waals surface area contributed by atoms with Crippen molar-refractivity contribution in [1.29, 1.82) is 0 Å². The lowest BCUT2D eigenvalue weighted by atomic mass is 10.2. The maximum atomic E-state index is 12.8. The van der Waals surface area contributed by atoms with Crippen molar-refractivity contribution in [2.75, 3.05) is 13.2 Å². The van der Waals surface area contributed by atoms with E-state index in [1.165, 1.54) is 25.7 Å². The fourth-order valence-electron chi connectivity index (χ4n) is 6.17. The SMILES string of the molecule is CC/C=C\C/C=C\C/C=C\C/C=C\CCCCC(=O)OCC(COC(=O)CCCC/C=C\C/C=C\C/C=C\C/C=C\CC)OC(=O)CC/C=C\C/C=C\C/C=C\C/C=C\C/C=C\CCCCC. The molecular weight excluding hydrogens is 829 g/mol. The van der Waals surface area contributed by atoms with Gasteiger partial charge in [-0.3, -0.25) is 14.4 Å². The number of esters is 3. The topological polar surface area (TPSA) is 78.9 Å². The summed E-state index contributed by atoms with van der Waals surface area (Å²) in [6, 6.07) is 0. The fraction of sp³-hybridized carbons (Fsp3) is 0.525. The van der Waals surface area contributed by atoms with Crippen LogP contribution in [0.25, 0.3) is 0 Å². The van der Waals surface area contributed by atoms with Crippen LogP contribution in [-0.4, -0.2) is 37.2 Å². The monoisotopic (exact) mass is 921 g/mol. The largest absolute Gasteiger partial charge is 0.462 e. The predicted octanol–water partition coefficient (Wildman–Crippen LogP) is 17.4. The van der Waals surface area contributed by atoms with Crippen LogP contribution >= 0.6 is 0 Å². The van der Waals surface area contributed by atoms with Crippen LogP contribution in [0.4, 0.5) is 0 Å². The normalized spacial score (nSPS) is 13.0. The number of allylic oxidation sites excluding steroid dienone is 26. The molecule has 0 bridgehead atoms. The first-order valence-electron chi connectivity index (χ1n) is 26.0. The molecule has 67 heavy (non-hydrogen) atoms. The van der Waals surface area contributed by atoms with E-state index in [0.29, 0.717) is 19.3 Å². The van der Waals surface area contributed by atoms with Gasteiger partial charge >= 0.3 is 17.9 Å². The van der Waals surface area contributed by atoms with Crippen molar-refractivity contribution in [3.05, 3.63) is 158 Å². The van der Waals surface area contributed by atoms with Crippen molar-refractivity contribution in [2.45, 2.75) is 194 Å². The summed E-state index contributed by atoms with van der Waals surface area (Å²) in [5, 5.41) is 0. The van der Waals surface area contributed by atoms with Gasteiger partial charge < -0.3 is 14.2 Å². The van der Waals surface area contributed by atoms with Crippen LogP contribution in [0, 0.1) is 0 Å². The molecule has 0 unspecified atom stereocenters. The first-order chi connectivity index (χ1) is 33.0. The number of carbonyl (C=O) groups excluding carboxylic acids is 3. The van der Waals surface area contributed by atoms with Crippen molar-refractivity contribution >= 4 is 17.9 Å². The highest BCUT2D eigenvalue weighted by Gasteiger charge is 2.19. The first-order valence-corrected chi connectivity index (χ1v) is 26.0. The zero-order chi connectivity index (χ0) is 48.6. The maximum Gasteiger partial charge on any atom is 0.306 e. The van der Waals surface area contributed by atoms with Gasteiger partial charge in [0.1, 0.15) is 13.2 Å². The van der Waals surface area contributed by atoms with Crippen LogP contribution < -0.4 is 0 Å². The number of carbonyl (C=O) groups is 3. The average Bonchev–Trinajstić information content (AvgIpc) is 3.33. The summed E-state index contributed by atoms with van der Waals surface area (Å²) < 4.78 is 16.6. The molecule has 0 N–H and O–H groups in total. The highest BCUT2D eigenvalue weighted by molar-refractivity contribution is 5.71. The van der Waals surface area contributed by atoms with Crippen molar-refractivity contribution in [3.63, 3.8) is 0 Å². The lowest BCUT2D eigenvalue weighted by molar-refractivity contribution is -0.166. The molecule has 0 aliphatic carbocycles. The molecule has 0 radical (unpaired) electrons. The minimum atomic E-state index is -0.859. The minimum Gasteiger partial charge on any atom is -0.462 e. The van der Waals surface area contributed by atoms with Gasteiger partial charge in [0.2, 0.25) is 0 Å². The lowest BCUT2D eigenvalue weighted by Crippen LogP contribution is -2.30. The molecule has 0 fully saturated rings. The standard InChI is InChI=1S/C61H92O6/c1-4-7-10-13-16-19-22-25-28-29-30-31-34-37-40-43-46-49-52-55-61(64)67-58(56-65-59(62)53-50-47-44-41-38-35-32-26-23-20-17-14-11-8-5-2)57-66-60(63)54-51-48-45-42-39-36-33-27-24-21-18-15-12-9-6-3/h8-9,11-12,16-21,25-28,30-33,37-42,46,49,58H,4-7,10,13-15,22-24,29,34-36,43-45,47-48,50-57H2,1-3H3/b11-8-,12-9-,19-16-,20-17-,21-18-,28-25-,31-30-,32-26-,33-27-,40-37-,41-38-,42-39-,49-46-. The zero-order valence-corrected chi connectivity index (χ0v) is 42.3. The molecule has 0 heterocycles. The van der Waals surface area contributed by atoms with E-state index in [0.717, 1.165) is 103 Å². The molecule has 0 aromatic carbocycles. The molecule has 0 amide bonds. The Morgan fingerprint density at radius 2 is 0.597 bits per heavy atom. The quantitative estimate of drug-likeness (QED) is 0.0262. The molecule has 0 aromatic rings.